The highest BCUT2D eigenvalue weighted by Crippen LogP contribution is 2.26. The minimum Gasteiger partial charge on any atom is -0.493 e. The SMILES string of the molecule is CC(C)CN(CCC#N)C(=O)c1ccc2c(c1)CCO2. The van der Waals surface area contributed by atoms with Crippen LogP contribution in [-0.2, 0) is 6.42 Å². The molecule has 0 spiro atoms. The number of hydrogen-bond donors (Lipinski definition) is 0. The highest BCUT2D eigenvalue weighted by molar-refractivity contribution is 5.94. The summed E-state index contributed by atoms with van der Waals surface area (Å²) in [7, 11) is 0. The highest BCUT2D eigenvalue weighted by Gasteiger charge is 2.19. The molecule has 0 aliphatic carbocycles. The molecule has 1 aliphatic heterocycles. The average Bonchev–Trinajstić information content (AvgIpc) is 2.89. The summed E-state index contributed by atoms with van der Waals surface area (Å²) in [5.41, 5.74) is 1.79. The van der Waals surface area contributed by atoms with Crippen LogP contribution < -0.4 is 4.74 Å². The Balaban J connectivity index is 2.16. The Bertz CT molecular complexity index is 532. The highest BCUT2D eigenvalue weighted by atomic mass is 16.5. The number of rotatable bonds is 5. The van der Waals surface area contributed by atoms with Crippen LogP contribution in [0.2, 0.25) is 0 Å². The lowest BCUT2D eigenvalue weighted by atomic mass is 10.1. The standard InChI is InChI=1S/C16H20N2O2/c1-12(2)11-18(8-3-7-17)16(19)14-4-5-15-13(10-14)6-9-20-15/h4-5,10,12H,3,6,8-9,11H2,1-2H3. The van der Waals surface area contributed by atoms with Crippen LogP contribution in [0.25, 0.3) is 0 Å². The van der Waals surface area contributed by atoms with Gasteiger partial charge in [0.15, 0.2) is 0 Å². The van der Waals surface area contributed by atoms with Crippen molar-refractivity contribution in [2.75, 3.05) is 19.7 Å². The molecule has 0 radical (unpaired) electrons. The third-order valence-corrected chi connectivity index (χ3v) is 3.30. The second kappa shape index (κ2) is 6.42. The number of nitrogens with zero attached hydrogens (tertiary/aromatic N) is 2. The quantitative estimate of drug-likeness (QED) is 0.828. The zero-order valence-electron chi connectivity index (χ0n) is 12.1. The Morgan fingerprint density at radius 3 is 3.00 bits per heavy atom. The smallest absolute Gasteiger partial charge is 0.253 e. The summed E-state index contributed by atoms with van der Waals surface area (Å²) >= 11 is 0. The number of carbonyl (C=O) groups is 1. The topological polar surface area (TPSA) is 53.3 Å². The normalized spacial score (nSPS) is 12.7. The maximum atomic E-state index is 12.6. The summed E-state index contributed by atoms with van der Waals surface area (Å²) < 4.78 is 5.46. The monoisotopic (exact) mass is 272 g/mol. The molecule has 2 rings (SSSR count). The summed E-state index contributed by atoms with van der Waals surface area (Å²) in [5.74, 6) is 1.27. The van der Waals surface area contributed by atoms with E-state index in [2.05, 4.69) is 19.9 Å². The molecule has 0 N–H and O–H groups in total. The maximum Gasteiger partial charge on any atom is 0.253 e. The average molecular weight is 272 g/mol. The largest absolute Gasteiger partial charge is 0.493 e. The number of benzene rings is 1. The lowest BCUT2D eigenvalue weighted by molar-refractivity contribution is 0.0740. The first kappa shape index (κ1) is 14.4. The van der Waals surface area contributed by atoms with Gasteiger partial charge in [-0.3, -0.25) is 4.79 Å². The van der Waals surface area contributed by atoms with Crippen LogP contribution >= 0.6 is 0 Å². The van der Waals surface area contributed by atoms with E-state index in [-0.39, 0.29) is 5.91 Å². The van der Waals surface area contributed by atoms with Crippen LogP contribution in [0.15, 0.2) is 18.2 Å². The fraction of sp³-hybridized carbons (Fsp3) is 0.500. The first-order valence-corrected chi connectivity index (χ1v) is 7.03. The van der Waals surface area contributed by atoms with Crippen molar-refractivity contribution in [1.29, 1.82) is 5.26 Å². The molecular formula is C16H20N2O2. The fourth-order valence-electron chi connectivity index (χ4n) is 2.40. The number of fused-ring (bicyclic) bond motifs is 1. The van der Waals surface area contributed by atoms with Gasteiger partial charge in [-0.15, -0.1) is 0 Å². The van der Waals surface area contributed by atoms with E-state index in [4.69, 9.17) is 10.00 Å². The zero-order valence-corrected chi connectivity index (χ0v) is 12.1. The van der Waals surface area contributed by atoms with E-state index >= 15 is 0 Å². The molecule has 20 heavy (non-hydrogen) atoms. The summed E-state index contributed by atoms with van der Waals surface area (Å²) in [6.45, 7) is 6.00. The Morgan fingerprint density at radius 2 is 2.30 bits per heavy atom. The molecule has 0 fully saturated rings. The van der Waals surface area contributed by atoms with Crippen molar-refractivity contribution < 1.29 is 9.53 Å². The number of nitriles is 1. The third kappa shape index (κ3) is 3.30. The molecule has 0 aromatic heterocycles. The van der Waals surface area contributed by atoms with E-state index in [0.717, 1.165) is 17.7 Å². The van der Waals surface area contributed by atoms with E-state index in [1.165, 1.54) is 0 Å². The van der Waals surface area contributed by atoms with Gasteiger partial charge in [0.1, 0.15) is 5.75 Å². The lowest BCUT2D eigenvalue weighted by Gasteiger charge is -2.24. The minimum atomic E-state index is 0.00338. The molecule has 106 valence electrons. The van der Waals surface area contributed by atoms with Crippen molar-refractivity contribution in [3.8, 4) is 11.8 Å². The van der Waals surface area contributed by atoms with Gasteiger partial charge in [-0.05, 0) is 29.7 Å². The van der Waals surface area contributed by atoms with Crippen LogP contribution in [0, 0.1) is 17.2 Å². The van der Waals surface area contributed by atoms with E-state index in [1.54, 1.807) is 4.90 Å². The molecule has 1 heterocycles. The molecule has 0 atom stereocenters. The Kier molecular flexibility index (Phi) is 4.62. The van der Waals surface area contributed by atoms with E-state index in [0.29, 0.717) is 37.6 Å². The van der Waals surface area contributed by atoms with E-state index in [9.17, 15) is 4.79 Å². The first-order valence-electron chi connectivity index (χ1n) is 7.03. The summed E-state index contributed by atoms with van der Waals surface area (Å²) in [4.78, 5) is 14.3. The summed E-state index contributed by atoms with van der Waals surface area (Å²) in [6.07, 6.45) is 1.23. The van der Waals surface area contributed by atoms with Gasteiger partial charge in [0.2, 0.25) is 0 Å². The van der Waals surface area contributed by atoms with Crippen LogP contribution in [0.5, 0.6) is 5.75 Å². The molecule has 0 saturated carbocycles. The second-order valence-corrected chi connectivity index (χ2v) is 5.47. The van der Waals surface area contributed by atoms with Crippen molar-refractivity contribution in [2.45, 2.75) is 26.7 Å². The van der Waals surface area contributed by atoms with Gasteiger partial charge >= 0.3 is 0 Å². The molecule has 4 nitrogen and oxygen atoms in total. The van der Waals surface area contributed by atoms with Gasteiger partial charge in [0, 0.05) is 25.1 Å². The predicted octanol–water partition coefficient (Wildman–Crippen LogP) is 2.63. The molecule has 0 unspecified atom stereocenters. The van der Waals surface area contributed by atoms with Crippen LogP contribution in [0.3, 0.4) is 0 Å². The molecule has 1 amide bonds. The molecule has 1 aromatic rings. The van der Waals surface area contributed by atoms with Gasteiger partial charge < -0.3 is 9.64 Å². The minimum absolute atomic E-state index is 0.00338. The van der Waals surface area contributed by atoms with Gasteiger partial charge in [0.25, 0.3) is 5.91 Å². The molecular weight excluding hydrogens is 252 g/mol. The fourth-order valence-corrected chi connectivity index (χ4v) is 2.40. The van der Waals surface area contributed by atoms with Gasteiger partial charge in [-0.2, -0.15) is 5.26 Å². The van der Waals surface area contributed by atoms with Crippen LogP contribution in [0.1, 0.15) is 36.2 Å². The lowest BCUT2D eigenvalue weighted by Crippen LogP contribution is -2.35. The van der Waals surface area contributed by atoms with Crippen molar-refractivity contribution in [1.82, 2.24) is 4.90 Å². The van der Waals surface area contributed by atoms with Crippen molar-refractivity contribution in [2.24, 2.45) is 5.92 Å². The molecule has 0 bridgehead atoms. The molecule has 1 aliphatic rings. The van der Waals surface area contributed by atoms with Crippen LogP contribution in [-0.4, -0.2) is 30.5 Å². The second-order valence-electron chi connectivity index (χ2n) is 5.47. The Hall–Kier alpha value is -2.02. The van der Waals surface area contributed by atoms with Crippen molar-refractivity contribution in [3.05, 3.63) is 29.3 Å². The van der Waals surface area contributed by atoms with E-state index in [1.807, 2.05) is 18.2 Å². The predicted molar refractivity (Wildman–Crippen MR) is 76.6 cm³/mol. The third-order valence-electron chi connectivity index (χ3n) is 3.30. The number of hydrogen-bond acceptors (Lipinski definition) is 3. The first-order chi connectivity index (χ1) is 9.61. The maximum absolute atomic E-state index is 12.6. The van der Waals surface area contributed by atoms with Gasteiger partial charge in [-0.25, -0.2) is 0 Å². The number of carbonyl (C=O) groups excluding carboxylic acids is 1. The van der Waals surface area contributed by atoms with Crippen molar-refractivity contribution >= 4 is 5.91 Å². The molecule has 4 heteroatoms. The Morgan fingerprint density at radius 1 is 1.50 bits per heavy atom. The van der Waals surface area contributed by atoms with Crippen LogP contribution in [0.4, 0.5) is 0 Å². The molecule has 1 aromatic carbocycles. The zero-order chi connectivity index (χ0) is 14.5. The van der Waals surface area contributed by atoms with E-state index < -0.39 is 0 Å². The van der Waals surface area contributed by atoms with Crippen molar-refractivity contribution in [3.63, 3.8) is 0 Å². The number of ether oxygens (including phenoxy) is 1. The van der Waals surface area contributed by atoms with Gasteiger partial charge in [-0.1, -0.05) is 13.8 Å². The Labute approximate surface area is 120 Å². The summed E-state index contributed by atoms with van der Waals surface area (Å²) in [6, 6.07) is 7.71. The number of amides is 1. The van der Waals surface area contributed by atoms with Gasteiger partial charge in [0.05, 0.1) is 19.1 Å². The summed E-state index contributed by atoms with van der Waals surface area (Å²) in [5, 5.41) is 8.72. The molecule has 0 saturated heterocycles.